The van der Waals surface area contributed by atoms with Gasteiger partial charge in [-0.05, 0) is 19.1 Å². The van der Waals surface area contributed by atoms with E-state index in [0.717, 1.165) is 0 Å². The second-order valence-corrected chi connectivity index (χ2v) is 3.37. The van der Waals surface area contributed by atoms with Crippen LogP contribution in [0, 0.1) is 0 Å². The minimum atomic E-state index is 0.345. The van der Waals surface area contributed by atoms with E-state index in [2.05, 4.69) is 15.4 Å². The molecule has 0 saturated carbocycles. The van der Waals surface area contributed by atoms with Gasteiger partial charge in [-0.1, -0.05) is 12.1 Å². The number of ether oxygens (including phenoxy) is 2. The molecule has 6 nitrogen and oxygen atoms in total. The van der Waals surface area contributed by atoms with Gasteiger partial charge in [0, 0.05) is 0 Å². The predicted molar refractivity (Wildman–Crippen MR) is 67.5 cm³/mol. The molecule has 3 N–H and O–H groups in total. The van der Waals surface area contributed by atoms with Crippen molar-refractivity contribution in [1.29, 1.82) is 0 Å². The maximum Gasteiger partial charge on any atom is 0.240 e. The van der Waals surface area contributed by atoms with E-state index in [1.54, 1.807) is 6.07 Å². The average Bonchev–Trinajstić information content (AvgIpc) is 2.41. The zero-order valence-corrected chi connectivity index (χ0v) is 9.96. The molecule has 94 valence electrons. The van der Waals surface area contributed by atoms with Crippen LogP contribution in [-0.4, -0.2) is 16.6 Å². The van der Waals surface area contributed by atoms with E-state index in [1.165, 1.54) is 12.4 Å². The van der Waals surface area contributed by atoms with Gasteiger partial charge in [-0.2, -0.15) is 4.98 Å². The van der Waals surface area contributed by atoms with Crippen molar-refractivity contribution >= 4 is 5.82 Å². The monoisotopic (exact) mass is 246 g/mol. The number of nitrogens with two attached hydrogens (primary N) is 1. The summed E-state index contributed by atoms with van der Waals surface area (Å²) >= 11 is 0. The fourth-order valence-electron chi connectivity index (χ4n) is 1.39. The zero-order chi connectivity index (χ0) is 12.8. The molecule has 2 rings (SSSR count). The second-order valence-electron chi connectivity index (χ2n) is 3.37. The van der Waals surface area contributed by atoms with Crippen molar-refractivity contribution in [2.75, 3.05) is 12.0 Å². The van der Waals surface area contributed by atoms with Crippen LogP contribution < -0.4 is 20.7 Å². The van der Waals surface area contributed by atoms with E-state index in [-0.39, 0.29) is 0 Å². The molecule has 0 radical (unpaired) electrons. The second kappa shape index (κ2) is 5.83. The lowest BCUT2D eigenvalue weighted by Crippen LogP contribution is -2.09. The molecule has 0 aliphatic rings. The van der Waals surface area contributed by atoms with Crippen LogP contribution in [0.15, 0.2) is 36.7 Å². The third kappa shape index (κ3) is 2.86. The van der Waals surface area contributed by atoms with E-state index < -0.39 is 0 Å². The number of nitrogens with zero attached hydrogens (tertiary/aromatic N) is 2. The first kappa shape index (κ1) is 12.1. The molecular formula is C12H14N4O2. The molecule has 0 atom stereocenters. The van der Waals surface area contributed by atoms with Crippen molar-refractivity contribution < 1.29 is 9.47 Å². The quantitative estimate of drug-likeness (QED) is 0.620. The average molecular weight is 246 g/mol. The summed E-state index contributed by atoms with van der Waals surface area (Å²) in [5.41, 5.74) is 2.41. The molecule has 1 aromatic heterocycles. The Labute approximate surface area is 105 Å². The Balaban J connectivity index is 2.22. The molecule has 18 heavy (non-hydrogen) atoms. The highest BCUT2D eigenvalue weighted by Crippen LogP contribution is 2.30. The van der Waals surface area contributed by atoms with Crippen LogP contribution in [-0.2, 0) is 0 Å². The van der Waals surface area contributed by atoms with Crippen LogP contribution in [0.4, 0.5) is 5.82 Å². The van der Waals surface area contributed by atoms with Gasteiger partial charge in [0.05, 0.1) is 19.0 Å². The number of hydrogen-bond donors (Lipinski definition) is 2. The Kier molecular flexibility index (Phi) is 3.93. The van der Waals surface area contributed by atoms with Gasteiger partial charge in [0.1, 0.15) is 0 Å². The standard InChI is InChI=1S/C12H14N4O2/c1-2-17-9-5-3-4-6-10(9)18-12-8-14-7-11(15-12)16-13/h3-8H,2,13H2,1H3,(H,15,16). The van der Waals surface area contributed by atoms with Crippen molar-refractivity contribution in [3.05, 3.63) is 36.7 Å². The van der Waals surface area contributed by atoms with Crippen LogP contribution in [0.25, 0.3) is 0 Å². The fraction of sp³-hybridized carbons (Fsp3) is 0.167. The Morgan fingerprint density at radius 1 is 1.22 bits per heavy atom. The number of nitrogen functional groups attached to an aromatic ring is 1. The number of anilines is 1. The molecular weight excluding hydrogens is 232 g/mol. The van der Waals surface area contributed by atoms with Crippen molar-refractivity contribution in [2.24, 2.45) is 5.84 Å². The van der Waals surface area contributed by atoms with Crippen LogP contribution in [0.5, 0.6) is 17.4 Å². The molecule has 0 aliphatic carbocycles. The molecule has 0 fully saturated rings. The van der Waals surface area contributed by atoms with E-state index in [1.807, 2.05) is 25.1 Å². The minimum absolute atomic E-state index is 0.345. The minimum Gasteiger partial charge on any atom is -0.490 e. The predicted octanol–water partition coefficient (Wildman–Crippen LogP) is 1.95. The highest BCUT2D eigenvalue weighted by Gasteiger charge is 2.06. The molecule has 6 heteroatoms. The largest absolute Gasteiger partial charge is 0.490 e. The third-order valence-corrected chi connectivity index (χ3v) is 2.12. The summed E-state index contributed by atoms with van der Waals surface area (Å²) in [7, 11) is 0. The molecule has 1 heterocycles. The van der Waals surface area contributed by atoms with Crippen LogP contribution in [0.3, 0.4) is 0 Å². The van der Waals surface area contributed by atoms with Crippen molar-refractivity contribution in [1.82, 2.24) is 9.97 Å². The first-order valence-corrected chi connectivity index (χ1v) is 5.52. The number of aromatic nitrogens is 2. The molecule has 1 aromatic carbocycles. The SMILES string of the molecule is CCOc1ccccc1Oc1cncc(NN)n1. The Bertz CT molecular complexity index is 519. The molecule has 0 bridgehead atoms. The summed E-state index contributed by atoms with van der Waals surface area (Å²) in [5, 5.41) is 0. The highest BCUT2D eigenvalue weighted by molar-refractivity contribution is 5.42. The molecule has 0 aliphatic heterocycles. The van der Waals surface area contributed by atoms with Crippen molar-refractivity contribution in [3.63, 3.8) is 0 Å². The summed E-state index contributed by atoms with van der Waals surface area (Å²) in [6.07, 6.45) is 3.00. The van der Waals surface area contributed by atoms with E-state index in [4.69, 9.17) is 15.3 Å². The zero-order valence-electron chi connectivity index (χ0n) is 9.96. The lowest BCUT2D eigenvalue weighted by atomic mass is 10.3. The number of hydrazine groups is 1. The van der Waals surface area contributed by atoms with E-state index in [9.17, 15) is 0 Å². The first-order chi connectivity index (χ1) is 8.83. The van der Waals surface area contributed by atoms with Crippen LogP contribution in [0.1, 0.15) is 6.92 Å². The number of benzene rings is 1. The van der Waals surface area contributed by atoms with Gasteiger partial charge in [0.25, 0.3) is 0 Å². The molecule has 0 spiro atoms. The maximum atomic E-state index is 5.61. The van der Waals surface area contributed by atoms with E-state index in [0.29, 0.717) is 29.8 Å². The van der Waals surface area contributed by atoms with Gasteiger partial charge < -0.3 is 14.9 Å². The van der Waals surface area contributed by atoms with Crippen LogP contribution >= 0.6 is 0 Å². The maximum absolute atomic E-state index is 5.61. The van der Waals surface area contributed by atoms with Crippen molar-refractivity contribution in [2.45, 2.75) is 6.92 Å². The number of nitrogens with one attached hydrogen (secondary N) is 1. The number of hydrogen-bond acceptors (Lipinski definition) is 6. The topological polar surface area (TPSA) is 82.3 Å². The Hall–Kier alpha value is -2.34. The van der Waals surface area contributed by atoms with E-state index >= 15 is 0 Å². The Morgan fingerprint density at radius 2 is 2.00 bits per heavy atom. The molecule has 2 aromatic rings. The van der Waals surface area contributed by atoms with Crippen molar-refractivity contribution in [3.8, 4) is 17.4 Å². The highest BCUT2D eigenvalue weighted by atomic mass is 16.5. The number of rotatable bonds is 5. The van der Waals surface area contributed by atoms with Gasteiger partial charge in [-0.15, -0.1) is 0 Å². The van der Waals surface area contributed by atoms with Gasteiger partial charge in [-0.3, -0.25) is 4.98 Å². The molecule has 0 unspecified atom stereocenters. The lowest BCUT2D eigenvalue weighted by Gasteiger charge is -2.10. The summed E-state index contributed by atoms with van der Waals surface area (Å²) in [5.74, 6) is 7.28. The van der Waals surface area contributed by atoms with Gasteiger partial charge >= 0.3 is 0 Å². The number of para-hydroxylation sites is 2. The van der Waals surface area contributed by atoms with Gasteiger partial charge in [0.2, 0.25) is 5.88 Å². The lowest BCUT2D eigenvalue weighted by molar-refractivity contribution is 0.319. The normalized spacial score (nSPS) is 9.89. The smallest absolute Gasteiger partial charge is 0.240 e. The van der Waals surface area contributed by atoms with Gasteiger partial charge in [-0.25, -0.2) is 5.84 Å². The first-order valence-electron chi connectivity index (χ1n) is 5.52. The fourth-order valence-corrected chi connectivity index (χ4v) is 1.39. The summed E-state index contributed by atoms with van der Waals surface area (Å²) in [4.78, 5) is 8.07. The van der Waals surface area contributed by atoms with Gasteiger partial charge in [0.15, 0.2) is 17.3 Å². The Morgan fingerprint density at radius 3 is 2.72 bits per heavy atom. The summed E-state index contributed by atoms with van der Waals surface area (Å²) < 4.78 is 11.1. The molecule has 0 amide bonds. The summed E-state index contributed by atoms with van der Waals surface area (Å²) in [6.45, 7) is 2.48. The summed E-state index contributed by atoms with van der Waals surface area (Å²) in [6, 6.07) is 7.37. The third-order valence-electron chi connectivity index (χ3n) is 2.12. The molecule has 0 saturated heterocycles. The van der Waals surface area contributed by atoms with Crippen LogP contribution in [0.2, 0.25) is 0 Å².